The third kappa shape index (κ3) is 4.59. The van der Waals surface area contributed by atoms with E-state index in [0.717, 1.165) is 0 Å². The van der Waals surface area contributed by atoms with E-state index in [2.05, 4.69) is 5.32 Å². The summed E-state index contributed by atoms with van der Waals surface area (Å²) in [6.45, 7) is 3.51. The summed E-state index contributed by atoms with van der Waals surface area (Å²) in [5, 5.41) is 2.63. The van der Waals surface area contributed by atoms with Gasteiger partial charge in [0.05, 0.1) is 0 Å². The summed E-state index contributed by atoms with van der Waals surface area (Å²) in [6, 6.07) is 0. The van der Waals surface area contributed by atoms with Crippen molar-refractivity contribution in [3.05, 3.63) is 0 Å². The predicted octanol–water partition coefficient (Wildman–Crippen LogP) is 1.76. The van der Waals surface area contributed by atoms with Gasteiger partial charge in [0.1, 0.15) is 5.54 Å². The number of hydrogen-bond acceptors (Lipinski definition) is 3. The van der Waals surface area contributed by atoms with Crippen molar-refractivity contribution in [2.75, 3.05) is 18.8 Å². The van der Waals surface area contributed by atoms with Crippen LogP contribution in [0.3, 0.4) is 0 Å². The number of carbonyl (C=O) groups excluding carboxylic acids is 2. The van der Waals surface area contributed by atoms with Crippen LogP contribution in [0.5, 0.6) is 0 Å². The summed E-state index contributed by atoms with van der Waals surface area (Å²) < 4.78 is 36.2. The van der Waals surface area contributed by atoms with E-state index in [9.17, 15) is 22.8 Å². The van der Waals surface area contributed by atoms with Crippen LogP contribution in [0, 0.1) is 0 Å². The fourth-order valence-corrected chi connectivity index (χ4v) is 2.38. The molecule has 1 N–H and O–H groups in total. The molecule has 0 aromatic rings. The van der Waals surface area contributed by atoms with Gasteiger partial charge in [0, 0.05) is 25.3 Å². The Labute approximate surface area is 114 Å². The summed E-state index contributed by atoms with van der Waals surface area (Å²) in [5.74, 6) is -0.782. The van der Waals surface area contributed by atoms with Crippen molar-refractivity contribution in [1.82, 2.24) is 10.2 Å². The molecule has 19 heavy (non-hydrogen) atoms. The molecule has 1 rings (SSSR count). The smallest absolute Gasteiger partial charge is 0.342 e. The number of rotatable bonds is 4. The molecule has 8 heteroatoms. The highest BCUT2D eigenvalue weighted by Gasteiger charge is 2.39. The van der Waals surface area contributed by atoms with Crippen molar-refractivity contribution in [3.63, 3.8) is 0 Å². The number of nitrogens with one attached hydrogen (secondary N) is 1. The molecule has 0 aromatic heterocycles. The summed E-state index contributed by atoms with van der Waals surface area (Å²) in [5.41, 5.74) is -5.31. The zero-order chi connectivity index (χ0) is 14.7. The molecule has 0 radical (unpaired) electrons. The first-order chi connectivity index (χ1) is 8.68. The zero-order valence-corrected chi connectivity index (χ0v) is 11.7. The van der Waals surface area contributed by atoms with E-state index in [4.69, 9.17) is 0 Å². The van der Waals surface area contributed by atoms with Crippen molar-refractivity contribution < 1.29 is 22.8 Å². The molecular formula is C11H17F3N2O2S. The first-order valence-corrected chi connectivity index (χ1v) is 6.97. The maximum Gasteiger partial charge on any atom is 0.441 e. The van der Waals surface area contributed by atoms with Crippen LogP contribution < -0.4 is 5.32 Å². The van der Waals surface area contributed by atoms with E-state index >= 15 is 0 Å². The lowest BCUT2D eigenvalue weighted by Gasteiger charge is -2.31. The lowest BCUT2D eigenvalue weighted by Crippen LogP contribution is -2.55. The number of halogens is 3. The molecular weight excluding hydrogens is 281 g/mol. The second-order valence-corrected chi connectivity index (χ2v) is 5.73. The average Bonchev–Trinajstić information content (AvgIpc) is 2.39. The van der Waals surface area contributed by atoms with Gasteiger partial charge in [-0.15, -0.1) is 0 Å². The van der Waals surface area contributed by atoms with E-state index in [-0.39, 0.29) is 48.8 Å². The Hall–Kier alpha value is -0.920. The zero-order valence-electron chi connectivity index (χ0n) is 10.8. The van der Waals surface area contributed by atoms with E-state index in [1.807, 2.05) is 0 Å². The molecule has 1 heterocycles. The molecule has 2 amide bonds. The second kappa shape index (κ2) is 6.02. The molecule has 1 fully saturated rings. The van der Waals surface area contributed by atoms with Crippen molar-refractivity contribution in [1.29, 1.82) is 0 Å². The molecule has 0 spiro atoms. The summed E-state index contributed by atoms with van der Waals surface area (Å²) in [6.07, 6.45) is 0.526. The predicted molar refractivity (Wildman–Crippen MR) is 66.5 cm³/mol. The summed E-state index contributed by atoms with van der Waals surface area (Å²) in [4.78, 5) is 25.1. The molecule has 0 aromatic carbocycles. The van der Waals surface area contributed by atoms with Crippen molar-refractivity contribution in [2.45, 2.75) is 37.7 Å². The van der Waals surface area contributed by atoms with Crippen molar-refractivity contribution in [2.24, 2.45) is 0 Å². The van der Waals surface area contributed by atoms with Gasteiger partial charge in [0.15, 0.2) is 0 Å². The van der Waals surface area contributed by atoms with Gasteiger partial charge >= 0.3 is 5.51 Å². The highest BCUT2D eigenvalue weighted by atomic mass is 32.2. The van der Waals surface area contributed by atoms with Crippen LogP contribution in [0.4, 0.5) is 13.2 Å². The highest BCUT2D eigenvalue weighted by Crippen LogP contribution is 2.30. The SMILES string of the molecule is CCC1(C)NC(=O)CCN(CCSC(F)(F)F)C1=O. The maximum absolute atomic E-state index is 12.2. The number of nitrogens with zero attached hydrogens (tertiary/aromatic N) is 1. The Morgan fingerprint density at radius 2 is 2.05 bits per heavy atom. The van der Waals surface area contributed by atoms with Gasteiger partial charge in [0.2, 0.25) is 11.8 Å². The molecule has 0 aliphatic carbocycles. The average molecular weight is 298 g/mol. The first-order valence-electron chi connectivity index (χ1n) is 5.99. The monoisotopic (exact) mass is 298 g/mol. The van der Waals surface area contributed by atoms with Gasteiger partial charge in [-0.05, 0) is 25.1 Å². The van der Waals surface area contributed by atoms with Gasteiger partial charge < -0.3 is 10.2 Å². The van der Waals surface area contributed by atoms with E-state index in [1.54, 1.807) is 13.8 Å². The molecule has 4 nitrogen and oxygen atoms in total. The van der Waals surface area contributed by atoms with Crippen molar-refractivity contribution >= 4 is 23.6 Å². The van der Waals surface area contributed by atoms with Crippen LogP contribution in [-0.2, 0) is 9.59 Å². The van der Waals surface area contributed by atoms with Gasteiger partial charge in [-0.2, -0.15) is 13.2 Å². The van der Waals surface area contributed by atoms with Crippen molar-refractivity contribution in [3.8, 4) is 0 Å². The quantitative estimate of drug-likeness (QED) is 0.860. The van der Waals surface area contributed by atoms with E-state index in [0.29, 0.717) is 6.42 Å². The minimum Gasteiger partial charge on any atom is -0.342 e. The van der Waals surface area contributed by atoms with Crippen LogP contribution in [0.25, 0.3) is 0 Å². The molecule has 0 saturated carbocycles. The molecule has 1 aliphatic rings. The third-order valence-electron chi connectivity index (χ3n) is 3.12. The largest absolute Gasteiger partial charge is 0.441 e. The van der Waals surface area contributed by atoms with Gasteiger partial charge in [-0.1, -0.05) is 6.92 Å². The normalized spacial score (nSPS) is 25.2. The number of amides is 2. The maximum atomic E-state index is 12.2. The Kier molecular flexibility index (Phi) is 5.11. The lowest BCUT2D eigenvalue weighted by atomic mass is 9.97. The molecule has 1 aliphatic heterocycles. The van der Waals surface area contributed by atoms with E-state index in [1.165, 1.54) is 4.90 Å². The fraction of sp³-hybridized carbons (Fsp3) is 0.818. The van der Waals surface area contributed by atoms with Crippen LogP contribution in [0.2, 0.25) is 0 Å². The highest BCUT2D eigenvalue weighted by molar-refractivity contribution is 8.00. The number of thioether (sulfide) groups is 1. The topological polar surface area (TPSA) is 49.4 Å². The standard InChI is InChI=1S/C11H17F3N2O2S/c1-3-10(2)9(18)16(5-4-8(17)15-10)6-7-19-11(12,13)14/h3-7H2,1-2H3,(H,15,17). The molecule has 110 valence electrons. The Morgan fingerprint density at radius 1 is 1.42 bits per heavy atom. The minimum atomic E-state index is -4.29. The Bertz CT molecular complexity index is 362. The second-order valence-electron chi connectivity index (χ2n) is 4.57. The Balaban J connectivity index is 2.66. The number of carbonyl (C=O) groups is 2. The molecule has 0 bridgehead atoms. The summed E-state index contributed by atoms with van der Waals surface area (Å²) in [7, 11) is 0. The van der Waals surface area contributed by atoms with E-state index < -0.39 is 11.0 Å². The van der Waals surface area contributed by atoms with Gasteiger partial charge in [0.25, 0.3) is 0 Å². The van der Waals surface area contributed by atoms with Crippen LogP contribution in [0.1, 0.15) is 26.7 Å². The number of hydrogen-bond donors (Lipinski definition) is 1. The van der Waals surface area contributed by atoms with Crippen LogP contribution in [-0.4, -0.2) is 46.6 Å². The third-order valence-corrected chi connectivity index (χ3v) is 3.83. The molecule has 1 unspecified atom stereocenters. The lowest BCUT2D eigenvalue weighted by molar-refractivity contribution is -0.138. The van der Waals surface area contributed by atoms with Crippen LogP contribution >= 0.6 is 11.8 Å². The first kappa shape index (κ1) is 16.1. The fourth-order valence-electron chi connectivity index (χ4n) is 1.84. The minimum absolute atomic E-state index is 0.00639. The molecule has 1 atom stereocenters. The van der Waals surface area contributed by atoms with Gasteiger partial charge in [-0.25, -0.2) is 0 Å². The van der Waals surface area contributed by atoms with Crippen LogP contribution in [0.15, 0.2) is 0 Å². The molecule has 1 saturated heterocycles. The summed E-state index contributed by atoms with van der Waals surface area (Å²) >= 11 is -0.155. The Morgan fingerprint density at radius 3 is 2.58 bits per heavy atom. The number of alkyl halides is 3. The van der Waals surface area contributed by atoms with Gasteiger partial charge in [-0.3, -0.25) is 9.59 Å².